The lowest BCUT2D eigenvalue weighted by Crippen LogP contribution is -2.33. The van der Waals surface area contributed by atoms with Gasteiger partial charge in [-0.3, -0.25) is 4.79 Å². The normalized spacial score (nSPS) is 23.9. The molecule has 92 valence electrons. The van der Waals surface area contributed by atoms with Crippen LogP contribution in [0.15, 0.2) is 42.5 Å². The Labute approximate surface area is 107 Å². The van der Waals surface area contributed by atoms with Crippen LogP contribution in [0.25, 0.3) is 10.8 Å². The number of likely N-dealkylation sites (N-methyl/N-ethyl adjacent to an activating group) is 1. The van der Waals surface area contributed by atoms with Crippen LogP contribution in [0.4, 0.5) is 0 Å². The highest BCUT2D eigenvalue weighted by atomic mass is 16.2. The first-order chi connectivity index (χ1) is 8.63. The summed E-state index contributed by atoms with van der Waals surface area (Å²) in [6, 6.07) is 14.5. The molecule has 2 aromatic rings. The third-order valence-corrected chi connectivity index (χ3v) is 4.15. The van der Waals surface area contributed by atoms with Crippen molar-refractivity contribution in [3.8, 4) is 0 Å². The summed E-state index contributed by atoms with van der Waals surface area (Å²) >= 11 is 0. The van der Waals surface area contributed by atoms with E-state index in [1.165, 1.54) is 10.8 Å². The third kappa shape index (κ3) is 1.45. The maximum atomic E-state index is 12.4. The van der Waals surface area contributed by atoms with Crippen molar-refractivity contribution in [3.63, 3.8) is 0 Å². The van der Waals surface area contributed by atoms with Gasteiger partial charge in [0.15, 0.2) is 0 Å². The molecule has 0 radical (unpaired) electrons. The predicted octanol–water partition coefficient (Wildman–Crippen LogP) is 2.96. The summed E-state index contributed by atoms with van der Waals surface area (Å²) in [4.78, 5) is 14.2. The minimum Gasteiger partial charge on any atom is -0.345 e. The number of carbonyl (C=O) groups is 1. The highest BCUT2D eigenvalue weighted by molar-refractivity contribution is 5.96. The highest BCUT2D eigenvalue weighted by Gasteiger charge is 2.43. The van der Waals surface area contributed by atoms with E-state index in [4.69, 9.17) is 0 Å². The number of carbonyl (C=O) groups excluding carboxylic acids is 1. The summed E-state index contributed by atoms with van der Waals surface area (Å²) < 4.78 is 0. The van der Waals surface area contributed by atoms with Gasteiger partial charge in [-0.15, -0.1) is 0 Å². The van der Waals surface area contributed by atoms with Gasteiger partial charge in [0.2, 0.25) is 5.91 Å². The maximum absolute atomic E-state index is 12.4. The van der Waals surface area contributed by atoms with E-state index in [-0.39, 0.29) is 11.3 Å². The molecule has 1 amide bonds. The van der Waals surface area contributed by atoms with Crippen LogP contribution in [-0.2, 0) is 10.2 Å². The summed E-state index contributed by atoms with van der Waals surface area (Å²) in [5.74, 6) is 0.235. The molecule has 2 aromatic carbocycles. The van der Waals surface area contributed by atoms with Gasteiger partial charge in [0.05, 0.1) is 5.41 Å². The Kier molecular flexibility index (Phi) is 2.40. The highest BCUT2D eigenvalue weighted by Crippen LogP contribution is 2.38. The van der Waals surface area contributed by atoms with Gasteiger partial charge in [0.25, 0.3) is 0 Å². The fourth-order valence-corrected chi connectivity index (χ4v) is 2.98. The first-order valence-corrected chi connectivity index (χ1v) is 6.37. The van der Waals surface area contributed by atoms with Gasteiger partial charge in [-0.1, -0.05) is 42.5 Å². The quantitative estimate of drug-likeness (QED) is 0.749. The Morgan fingerprint density at radius 2 is 1.83 bits per heavy atom. The molecule has 0 aliphatic carbocycles. The van der Waals surface area contributed by atoms with Gasteiger partial charge in [-0.05, 0) is 29.7 Å². The molecule has 0 saturated carbocycles. The van der Waals surface area contributed by atoms with Crippen molar-refractivity contribution in [1.82, 2.24) is 4.90 Å². The van der Waals surface area contributed by atoms with E-state index in [0.29, 0.717) is 0 Å². The average Bonchev–Trinajstić information content (AvgIpc) is 2.67. The molecule has 0 spiro atoms. The second kappa shape index (κ2) is 3.84. The molecule has 1 saturated heterocycles. The zero-order valence-corrected chi connectivity index (χ0v) is 10.8. The number of likely N-dealkylation sites (tertiary alicyclic amines) is 1. The molecular weight excluding hydrogens is 222 g/mol. The topological polar surface area (TPSA) is 20.3 Å². The molecule has 18 heavy (non-hydrogen) atoms. The van der Waals surface area contributed by atoms with Crippen molar-refractivity contribution >= 4 is 16.7 Å². The molecule has 1 fully saturated rings. The molecule has 0 aromatic heterocycles. The minimum atomic E-state index is -0.365. The number of hydrogen-bond acceptors (Lipinski definition) is 1. The predicted molar refractivity (Wildman–Crippen MR) is 73.6 cm³/mol. The Hall–Kier alpha value is -1.83. The van der Waals surface area contributed by atoms with Crippen molar-refractivity contribution in [3.05, 3.63) is 48.0 Å². The average molecular weight is 239 g/mol. The Balaban J connectivity index is 2.24. The van der Waals surface area contributed by atoms with E-state index in [1.54, 1.807) is 0 Å². The smallest absolute Gasteiger partial charge is 0.232 e. The van der Waals surface area contributed by atoms with Crippen LogP contribution in [0.5, 0.6) is 0 Å². The van der Waals surface area contributed by atoms with Gasteiger partial charge < -0.3 is 4.90 Å². The van der Waals surface area contributed by atoms with Gasteiger partial charge >= 0.3 is 0 Å². The monoisotopic (exact) mass is 239 g/mol. The summed E-state index contributed by atoms with van der Waals surface area (Å²) in [6.07, 6.45) is 0.899. The number of rotatable bonds is 1. The van der Waals surface area contributed by atoms with Crippen LogP contribution >= 0.6 is 0 Å². The molecule has 1 aliphatic heterocycles. The number of nitrogens with zero attached hydrogens (tertiary/aromatic N) is 1. The van der Waals surface area contributed by atoms with E-state index in [2.05, 4.69) is 37.3 Å². The number of amides is 1. The standard InChI is InChI=1S/C16H17NO/c1-16(10-11-17(2)15(16)18)14-9-5-7-12-6-3-4-8-13(12)14/h3-9H,10-11H2,1-2H3. The van der Waals surface area contributed by atoms with Gasteiger partial charge in [0, 0.05) is 13.6 Å². The molecule has 0 bridgehead atoms. The van der Waals surface area contributed by atoms with Crippen molar-refractivity contribution in [2.75, 3.05) is 13.6 Å². The van der Waals surface area contributed by atoms with E-state index in [9.17, 15) is 4.79 Å². The maximum Gasteiger partial charge on any atom is 0.232 e. The molecule has 2 heteroatoms. The number of benzene rings is 2. The fourth-order valence-electron chi connectivity index (χ4n) is 2.98. The molecular formula is C16H17NO. The Morgan fingerprint density at radius 1 is 1.11 bits per heavy atom. The van der Waals surface area contributed by atoms with Gasteiger partial charge in [-0.25, -0.2) is 0 Å². The largest absolute Gasteiger partial charge is 0.345 e. The summed E-state index contributed by atoms with van der Waals surface area (Å²) in [6.45, 7) is 2.92. The van der Waals surface area contributed by atoms with E-state index in [1.807, 2.05) is 24.1 Å². The molecule has 1 atom stereocenters. The Morgan fingerprint density at radius 3 is 2.56 bits per heavy atom. The Bertz CT molecular complexity index is 614. The molecule has 0 N–H and O–H groups in total. The van der Waals surface area contributed by atoms with Gasteiger partial charge in [-0.2, -0.15) is 0 Å². The first kappa shape index (κ1) is 11.3. The fraction of sp³-hybridized carbons (Fsp3) is 0.312. The number of fused-ring (bicyclic) bond motifs is 1. The SMILES string of the molecule is CN1CCC(C)(c2cccc3ccccc23)C1=O. The van der Waals surface area contributed by atoms with E-state index < -0.39 is 0 Å². The first-order valence-electron chi connectivity index (χ1n) is 6.37. The van der Waals surface area contributed by atoms with E-state index in [0.717, 1.165) is 18.5 Å². The van der Waals surface area contributed by atoms with Crippen LogP contribution in [0.3, 0.4) is 0 Å². The third-order valence-electron chi connectivity index (χ3n) is 4.15. The summed E-state index contributed by atoms with van der Waals surface area (Å²) in [5.41, 5.74) is 0.797. The lowest BCUT2D eigenvalue weighted by molar-refractivity contribution is -0.130. The van der Waals surface area contributed by atoms with Crippen molar-refractivity contribution in [2.24, 2.45) is 0 Å². The zero-order valence-electron chi connectivity index (χ0n) is 10.8. The summed E-state index contributed by atoms with van der Waals surface area (Å²) in [5, 5.41) is 2.41. The lowest BCUT2D eigenvalue weighted by atomic mass is 9.78. The van der Waals surface area contributed by atoms with Crippen LogP contribution in [0, 0.1) is 0 Å². The number of hydrogen-bond donors (Lipinski definition) is 0. The molecule has 3 rings (SSSR count). The lowest BCUT2D eigenvalue weighted by Gasteiger charge is -2.24. The molecule has 2 nitrogen and oxygen atoms in total. The van der Waals surface area contributed by atoms with Crippen LogP contribution in [-0.4, -0.2) is 24.4 Å². The van der Waals surface area contributed by atoms with Crippen LogP contribution in [0.2, 0.25) is 0 Å². The van der Waals surface area contributed by atoms with E-state index >= 15 is 0 Å². The van der Waals surface area contributed by atoms with Crippen molar-refractivity contribution < 1.29 is 4.79 Å². The zero-order chi connectivity index (χ0) is 12.8. The molecule has 1 unspecified atom stereocenters. The molecule has 1 aliphatic rings. The molecule has 1 heterocycles. The van der Waals surface area contributed by atoms with Crippen LogP contribution in [0.1, 0.15) is 18.9 Å². The minimum absolute atomic E-state index is 0.235. The van der Waals surface area contributed by atoms with Crippen molar-refractivity contribution in [1.29, 1.82) is 0 Å². The van der Waals surface area contributed by atoms with Crippen LogP contribution < -0.4 is 0 Å². The summed E-state index contributed by atoms with van der Waals surface area (Å²) in [7, 11) is 1.89. The second-order valence-electron chi connectivity index (χ2n) is 5.34. The van der Waals surface area contributed by atoms with Gasteiger partial charge in [0.1, 0.15) is 0 Å². The second-order valence-corrected chi connectivity index (χ2v) is 5.34. The van der Waals surface area contributed by atoms with Crippen molar-refractivity contribution in [2.45, 2.75) is 18.8 Å².